The quantitative estimate of drug-likeness (QED) is 0.0382. The van der Waals surface area contributed by atoms with Crippen LogP contribution in [-0.2, 0) is 66.5 Å². The van der Waals surface area contributed by atoms with Crippen LogP contribution in [0.3, 0.4) is 0 Å². The van der Waals surface area contributed by atoms with Gasteiger partial charge in [-0.2, -0.15) is 0 Å². The number of hydrogen-bond acceptors (Lipinski definition) is 33. The van der Waals surface area contributed by atoms with Crippen molar-refractivity contribution in [1.82, 2.24) is 16.0 Å². The van der Waals surface area contributed by atoms with E-state index in [2.05, 4.69) is 16.0 Å². The van der Waals surface area contributed by atoms with E-state index in [0.29, 0.717) is 0 Å². The highest BCUT2D eigenvalue weighted by atomic mass is 16.8. The van der Waals surface area contributed by atoms with Gasteiger partial charge in [0, 0.05) is 27.2 Å². The fraction of sp³-hybridized carbons (Fsp3) is 0.911. The number of aliphatic hydroxyl groups is 19. The summed E-state index contributed by atoms with van der Waals surface area (Å²) in [6, 6.07) is -5.55. The summed E-state index contributed by atoms with van der Waals surface area (Å²) in [7, 11) is 0. The maximum atomic E-state index is 13.6. The Bertz CT molecular complexity index is 2040. The van der Waals surface area contributed by atoms with E-state index in [4.69, 9.17) is 47.4 Å². The average Bonchev–Trinajstić information content (AvgIpc) is 3.56. The number of carboxylic acid groups (broad SMARTS) is 1. The molecule has 37 heteroatoms. The molecule has 5 saturated heterocycles. The molecule has 5 aliphatic rings. The van der Waals surface area contributed by atoms with Gasteiger partial charge in [-0.1, -0.05) is 0 Å². The topological polar surface area (TPSA) is 601 Å². The summed E-state index contributed by atoms with van der Waals surface area (Å²) in [6.45, 7) is -5.16. The van der Waals surface area contributed by atoms with Gasteiger partial charge in [0.2, 0.25) is 17.7 Å². The van der Waals surface area contributed by atoms with Crippen molar-refractivity contribution < 1.29 is 169 Å². The van der Waals surface area contributed by atoms with E-state index >= 15 is 0 Å². The summed E-state index contributed by atoms with van der Waals surface area (Å²) in [5.41, 5.74) is 0. The number of aliphatic hydroxyl groups excluding tert-OH is 19. The molecular weight excluding hydrogens is 1130 g/mol. The molecule has 0 spiro atoms. The van der Waals surface area contributed by atoms with Crippen LogP contribution in [0.1, 0.15) is 27.2 Å². The van der Waals surface area contributed by atoms with Crippen molar-refractivity contribution in [2.75, 3.05) is 46.2 Å². The first-order chi connectivity index (χ1) is 38.6. The van der Waals surface area contributed by atoms with Crippen LogP contribution in [0.4, 0.5) is 0 Å². The van der Waals surface area contributed by atoms with Gasteiger partial charge in [0.15, 0.2) is 25.2 Å². The number of carboxylic acids is 1. The molecular formula is C45H77N3O34. The molecule has 5 heterocycles. The smallest absolute Gasteiger partial charge is 0.364 e. The molecule has 37 nitrogen and oxygen atoms in total. The van der Waals surface area contributed by atoms with E-state index in [1.165, 1.54) is 0 Å². The lowest BCUT2D eigenvalue weighted by molar-refractivity contribution is -0.400. The second-order valence-corrected chi connectivity index (χ2v) is 20.2. The minimum Gasteiger partial charge on any atom is -0.477 e. The molecule has 476 valence electrons. The van der Waals surface area contributed by atoms with E-state index < -0.39 is 260 Å². The van der Waals surface area contributed by atoms with Gasteiger partial charge in [-0.3, -0.25) is 14.4 Å². The normalized spacial score (nSPS) is 42.2. The number of nitrogens with one attached hydrogen (secondary N) is 3. The van der Waals surface area contributed by atoms with Crippen LogP contribution in [0.25, 0.3) is 0 Å². The van der Waals surface area contributed by atoms with Crippen molar-refractivity contribution in [3.05, 3.63) is 0 Å². The van der Waals surface area contributed by atoms with Crippen molar-refractivity contribution in [1.29, 1.82) is 0 Å². The van der Waals surface area contributed by atoms with Gasteiger partial charge in [-0.05, 0) is 0 Å². The van der Waals surface area contributed by atoms with Crippen LogP contribution in [0.5, 0.6) is 0 Å². The van der Waals surface area contributed by atoms with Crippen LogP contribution < -0.4 is 16.0 Å². The Morgan fingerprint density at radius 1 is 0.500 bits per heavy atom. The van der Waals surface area contributed by atoms with Gasteiger partial charge in [0.25, 0.3) is 5.79 Å². The third-order valence-corrected chi connectivity index (χ3v) is 14.3. The zero-order valence-corrected chi connectivity index (χ0v) is 44.1. The lowest BCUT2D eigenvalue weighted by Gasteiger charge is -2.53. The van der Waals surface area contributed by atoms with Gasteiger partial charge >= 0.3 is 5.97 Å². The summed E-state index contributed by atoms with van der Waals surface area (Å²) < 4.78 is 58.5. The summed E-state index contributed by atoms with van der Waals surface area (Å²) in [4.78, 5) is 51.2. The first kappa shape index (κ1) is 69.5. The molecule has 0 saturated carbocycles. The summed E-state index contributed by atoms with van der Waals surface area (Å²) in [6.07, 6.45) is -56.8. The lowest BCUT2D eigenvalue weighted by atomic mass is 9.88. The number of carbonyl (C=O) groups is 4. The highest BCUT2D eigenvalue weighted by molar-refractivity contribution is 5.77. The number of hydrogen-bond donors (Lipinski definition) is 23. The van der Waals surface area contributed by atoms with Crippen molar-refractivity contribution in [2.45, 2.75) is 211 Å². The third-order valence-electron chi connectivity index (χ3n) is 14.3. The van der Waals surface area contributed by atoms with Crippen LogP contribution in [-0.4, -0.2) is 355 Å². The number of ether oxygens (including phenoxy) is 10. The molecule has 0 radical (unpaired) electrons. The minimum atomic E-state index is -3.39. The molecule has 0 aromatic heterocycles. The Morgan fingerprint density at radius 3 is 1.49 bits per heavy atom. The second kappa shape index (κ2) is 30.4. The predicted octanol–water partition coefficient (Wildman–Crippen LogP) is -14.8. The molecule has 3 amide bonds. The second-order valence-electron chi connectivity index (χ2n) is 20.2. The number of amides is 3. The van der Waals surface area contributed by atoms with Gasteiger partial charge in [0.05, 0.1) is 58.4 Å². The average molecular weight is 1200 g/mol. The van der Waals surface area contributed by atoms with Gasteiger partial charge < -0.3 is 165 Å². The summed E-state index contributed by atoms with van der Waals surface area (Å²) in [5.74, 6) is -8.32. The molecule has 23 N–H and O–H groups in total. The highest BCUT2D eigenvalue weighted by Gasteiger charge is 2.62. The van der Waals surface area contributed by atoms with Gasteiger partial charge in [0.1, 0.15) is 140 Å². The van der Waals surface area contributed by atoms with Crippen molar-refractivity contribution in [3.8, 4) is 0 Å². The highest BCUT2D eigenvalue weighted by Crippen LogP contribution is 2.41. The maximum absolute atomic E-state index is 13.6. The monoisotopic (exact) mass is 1200 g/mol. The van der Waals surface area contributed by atoms with Crippen molar-refractivity contribution >= 4 is 23.7 Å². The molecule has 82 heavy (non-hydrogen) atoms. The predicted molar refractivity (Wildman–Crippen MR) is 253 cm³/mol. The Kier molecular flexibility index (Phi) is 25.7. The Morgan fingerprint density at radius 2 is 0.963 bits per heavy atom. The fourth-order valence-electron chi connectivity index (χ4n) is 10.0. The first-order valence-corrected chi connectivity index (χ1v) is 25.7. The number of aliphatic carboxylic acids is 1. The largest absolute Gasteiger partial charge is 0.477 e. The SMILES string of the molecule is CC(=O)N[C@H]1[C@H](O[C@@H]2[C@H](O[C@]3(C(=O)O)C[C@H](O)[C@@H](NC(C)=O)[C@H]([C@H](O)[C@H](O)CO)O3)[C@@H](O)[C@H](O[C@H]3[C@@H](O)[C@@H](CO)O[C@@H](O[C@@H]4[C@H](O)[C@@H](O)[C@H](O[C@@H]([C@H](O)[C@@H](O)CO)[C@H](O)CO)O[C@@H]4CO)[C@@H]3NC(C)=O)O[C@@H]2CO)O[C@H](CO)[C@H](O)[C@@H]1O. The van der Waals surface area contributed by atoms with Crippen LogP contribution in [0.2, 0.25) is 0 Å². The molecule has 0 aromatic carbocycles. The van der Waals surface area contributed by atoms with Crippen LogP contribution in [0, 0.1) is 0 Å². The van der Waals surface area contributed by atoms with E-state index in [-0.39, 0.29) is 0 Å². The molecule has 0 aliphatic carbocycles. The van der Waals surface area contributed by atoms with E-state index in [1.54, 1.807) is 0 Å². The summed E-state index contributed by atoms with van der Waals surface area (Å²) in [5, 5.41) is 221. The summed E-state index contributed by atoms with van der Waals surface area (Å²) >= 11 is 0. The molecule has 5 fully saturated rings. The molecule has 30 atom stereocenters. The van der Waals surface area contributed by atoms with Gasteiger partial charge in [-0.15, -0.1) is 0 Å². The van der Waals surface area contributed by atoms with Crippen molar-refractivity contribution in [2.24, 2.45) is 0 Å². The Labute approximate surface area is 464 Å². The molecule has 5 rings (SSSR count). The Hall–Kier alpha value is -3.28. The fourth-order valence-corrected chi connectivity index (χ4v) is 10.0. The first-order valence-electron chi connectivity index (χ1n) is 25.7. The zero-order valence-electron chi connectivity index (χ0n) is 44.1. The standard InChI is InChI=1S/C45H77N3O34/c1-12(56)46-23-15(59)4-45(44(71)72,81-38(23)27(64)17(61)6-50)82-39-33(70)43(76-22(11-55)36(39)79-40-24(47-13(2)57)30(67)28(65)19(8-52)73-40)80-37-25(48-14(3)58)41(74-20(9-53)29(37)66)78-35-21(10-54)75-42(32(69)31(35)68)77-34(18(62)7-51)26(63)16(60)5-49/h15-43,49-55,59-70H,4-11H2,1-3H3,(H,46,56)(H,47,57)(H,48,58)(H,71,72)/t15-,16-,17+,18+,19+,20+,21+,22+,23+,24+,25+,26+,27+,28-,29-,30+,31+,32+,33+,34+,35-,36-,37+,38+,39+,40-,41-,42-,43-,45-/m0/s1. The number of rotatable bonds is 26. The van der Waals surface area contributed by atoms with E-state index in [1.807, 2.05) is 0 Å². The van der Waals surface area contributed by atoms with Gasteiger partial charge in [-0.25, -0.2) is 4.79 Å². The molecule has 0 bridgehead atoms. The van der Waals surface area contributed by atoms with E-state index in [0.717, 1.165) is 20.8 Å². The minimum absolute atomic E-state index is 0.881. The van der Waals surface area contributed by atoms with E-state index in [9.17, 15) is 121 Å². The maximum Gasteiger partial charge on any atom is 0.364 e. The molecule has 0 aromatic rings. The number of carbonyl (C=O) groups excluding carboxylic acids is 3. The van der Waals surface area contributed by atoms with Crippen LogP contribution >= 0.6 is 0 Å². The zero-order chi connectivity index (χ0) is 61.4. The molecule has 5 aliphatic heterocycles. The Balaban J connectivity index is 1.58. The lowest BCUT2D eigenvalue weighted by Crippen LogP contribution is -2.72. The third kappa shape index (κ3) is 15.6. The van der Waals surface area contributed by atoms with Crippen LogP contribution in [0.15, 0.2) is 0 Å². The molecule has 0 unspecified atom stereocenters. The van der Waals surface area contributed by atoms with Crippen molar-refractivity contribution in [3.63, 3.8) is 0 Å².